The summed E-state index contributed by atoms with van der Waals surface area (Å²) in [5.74, 6) is -0.946. The summed E-state index contributed by atoms with van der Waals surface area (Å²) in [4.78, 5) is 63.5. The lowest BCUT2D eigenvalue weighted by Crippen LogP contribution is -2.54. The highest BCUT2D eigenvalue weighted by molar-refractivity contribution is 7.09. The van der Waals surface area contributed by atoms with Gasteiger partial charge in [-0.3, -0.25) is 19.2 Å². The van der Waals surface area contributed by atoms with Gasteiger partial charge < -0.3 is 19.3 Å². The van der Waals surface area contributed by atoms with Gasteiger partial charge in [0.2, 0.25) is 11.8 Å². The molecule has 10 heteroatoms. The third-order valence-electron chi connectivity index (χ3n) is 11.3. The van der Waals surface area contributed by atoms with Crippen LogP contribution in [0.5, 0.6) is 0 Å². The fraction of sp³-hybridized carbons (Fsp3) is 0.690. The summed E-state index contributed by atoms with van der Waals surface area (Å²) in [5.41, 5.74) is 0.622. The van der Waals surface area contributed by atoms with Crippen molar-refractivity contribution in [3.05, 3.63) is 52.5 Å². The third kappa shape index (κ3) is 11.3. The van der Waals surface area contributed by atoms with E-state index < -0.39 is 29.5 Å². The lowest BCUT2D eigenvalue weighted by molar-refractivity contribution is -0.149. The minimum atomic E-state index is -0.555. The Bertz CT molecular complexity index is 1420. The molecule has 0 radical (unpaired) electrons. The van der Waals surface area contributed by atoms with Crippen molar-refractivity contribution in [1.82, 2.24) is 14.8 Å². The number of ether oxygens (including phenoxy) is 2. The smallest absolute Gasteiger partial charge is 0.226 e. The molecule has 2 heterocycles. The van der Waals surface area contributed by atoms with Crippen LogP contribution in [0.15, 0.2) is 41.9 Å². The first-order valence-electron chi connectivity index (χ1n) is 19.2. The Morgan fingerprint density at radius 2 is 1.67 bits per heavy atom. The number of hydrogen-bond acceptors (Lipinski definition) is 8. The van der Waals surface area contributed by atoms with Crippen molar-refractivity contribution < 1.29 is 28.7 Å². The van der Waals surface area contributed by atoms with E-state index in [9.17, 15) is 19.2 Å². The molecular weight excluding hydrogens is 675 g/mol. The first kappa shape index (κ1) is 43.5. The van der Waals surface area contributed by atoms with Gasteiger partial charge in [-0.15, -0.1) is 11.3 Å². The SMILES string of the molecule is CC[C@H](C)[C@@H]([C@@H](CC(=O)N1CCC[C@H]1[C@H](OC)[C@@H](C)C(=O)C[C@@H](Cc1ccccc1)c1nccs1)OC)N(C)C(=O)[C@@H](CC(=O)C(C)(C)C)C(C)C. The van der Waals surface area contributed by atoms with E-state index in [1.54, 1.807) is 43.7 Å². The van der Waals surface area contributed by atoms with E-state index in [4.69, 9.17) is 9.47 Å². The van der Waals surface area contributed by atoms with E-state index in [-0.39, 0.29) is 66.1 Å². The molecule has 9 nitrogen and oxygen atoms in total. The van der Waals surface area contributed by atoms with Gasteiger partial charge in [-0.1, -0.05) is 92.1 Å². The number of carbonyl (C=O) groups excluding carboxylic acids is 4. The maximum absolute atomic E-state index is 14.2. The largest absolute Gasteiger partial charge is 0.379 e. The number of methoxy groups -OCH3 is 2. The molecule has 1 aliphatic heterocycles. The standard InChI is InChI=1S/C42H65N3O6S/c1-12-28(4)38(44(9)41(49)32(27(2)3)25-36(47)42(6,7)8)35(50-10)26-37(48)45-21-16-19-33(45)39(51-11)29(5)34(46)24-31(40-43-20-22-52-40)23-30-17-14-13-15-18-30/h13-15,17-18,20,22,27-29,31-33,35,38-39H,12,16,19,21,23-26H2,1-11H3/t28-,29-,31+,32-,33-,35+,38-,39+/m0/s1. The molecule has 8 atom stereocenters. The fourth-order valence-corrected chi connectivity index (χ4v) is 8.47. The van der Waals surface area contributed by atoms with Crippen LogP contribution in [0.2, 0.25) is 0 Å². The molecule has 3 rings (SSSR count). The molecule has 1 fully saturated rings. The normalized spacial score (nSPS) is 19.1. The van der Waals surface area contributed by atoms with Crippen molar-refractivity contribution in [3.8, 4) is 0 Å². The molecule has 1 saturated heterocycles. The molecule has 1 aromatic carbocycles. The number of hydrogen-bond donors (Lipinski definition) is 0. The Kier molecular flexibility index (Phi) is 16.7. The van der Waals surface area contributed by atoms with E-state index in [1.807, 2.05) is 70.0 Å². The molecule has 2 amide bonds. The van der Waals surface area contributed by atoms with Gasteiger partial charge in [0.15, 0.2) is 0 Å². The summed E-state index contributed by atoms with van der Waals surface area (Å²) in [5, 5.41) is 2.89. The maximum Gasteiger partial charge on any atom is 0.226 e. The van der Waals surface area contributed by atoms with Crippen LogP contribution < -0.4 is 0 Å². The van der Waals surface area contributed by atoms with Gasteiger partial charge in [-0.05, 0) is 36.7 Å². The average Bonchev–Trinajstić information content (AvgIpc) is 3.83. The molecule has 0 N–H and O–H groups in total. The molecule has 0 aliphatic carbocycles. The number of thiazole rings is 1. The second-order valence-electron chi connectivity index (χ2n) is 16.2. The average molecular weight is 740 g/mol. The first-order valence-corrected chi connectivity index (χ1v) is 20.0. The zero-order chi connectivity index (χ0) is 38.7. The van der Waals surface area contributed by atoms with Crippen molar-refractivity contribution >= 4 is 34.7 Å². The van der Waals surface area contributed by atoms with Crippen LogP contribution in [0.1, 0.15) is 110 Å². The first-order chi connectivity index (χ1) is 24.5. The molecule has 52 heavy (non-hydrogen) atoms. The van der Waals surface area contributed by atoms with E-state index >= 15 is 0 Å². The number of carbonyl (C=O) groups is 4. The van der Waals surface area contributed by atoms with Gasteiger partial charge in [0.25, 0.3) is 0 Å². The van der Waals surface area contributed by atoms with Crippen molar-refractivity contribution in [2.75, 3.05) is 27.8 Å². The monoisotopic (exact) mass is 739 g/mol. The van der Waals surface area contributed by atoms with Gasteiger partial charge in [0.1, 0.15) is 11.6 Å². The van der Waals surface area contributed by atoms with Gasteiger partial charge >= 0.3 is 0 Å². The van der Waals surface area contributed by atoms with Crippen molar-refractivity contribution in [2.24, 2.45) is 29.1 Å². The number of amides is 2. The summed E-state index contributed by atoms with van der Waals surface area (Å²) in [6.07, 6.45) is 4.44. The van der Waals surface area contributed by atoms with E-state index in [2.05, 4.69) is 31.0 Å². The van der Waals surface area contributed by atoms with E-state index in [0.717, 1.165) is 36.3 Å². The predicted octanol–water partition coefficient (Wildman–Crippen LogP) is 7.63. The second kappa shape index (κ2) is 19.9. The Morgan fingerprint density at radius 1 is 1.00 bits per heavy atom. The molecule has 0 saturated carbocycles. The number of ketones is 2. The quantitative estimate of drug-likeness (QED) is 0.138. The number of benzene rings is 1. The van der Waals surface area contributed by atoms with Crippen LogP contribution in [0.4, 0.5) is 0 Å². The van der Waals surface area contributed by atoms with Crippen LogP contribution in [-0.2, 0) is 35.1 Å². The molecule has 0 spiro atoms. The number of aromatic nitrogens is 1. The highest BCUT2D eigenvalue weighted by Crippen LogP contribution is 2.34. The van der Waals surface area contributed by atoms with Crippen LogP contribution in [0.25, 0.3) is 0 Å². The molecule has 290 valence electrons. The van der Waals surface area contributed by atoms with Crippen molar-refractivity contribution in [3.63, 3.8) is 0 Å². The molecule has 1 aromatic heterocycles. The van der Waals surface area contributed by atoms with E-state index in [0.29, 0.717) is 13.0 Å². The Labute approximate surface area is 317 Å². The topological polar surface area (TPSA) is 106 Å². The van der Waals surface area contributed by atoms with Crippen LogP contribution in [0, 0.1) is 29.1 Å². The molecule has 2 aromatic rings. The zero-order valence-electron chi connectivity index (χ0n) is 33.6. The molecular formula is C42H65N3O6S. The summed E-state index contributed by atoms with van der Waals surface area (Å²) < 4.78 is 12.1. The van der Waals surface area contributed by atoms with Gasteiger partial charge in [0.05, 0.1) is 35.7 Å². The Hall–Kier alpha value is -2.95. The lowest BCUT2D eigenvalue weighted by Gasteiger charge is -2.41. The van der Waals surface area contributed by atoms with Crippen molar-refractivity contribution in [2.45, 2.75) is 131 Å². The number of rotatable bonds is 20. The summed E-state index contributed by atoms with van der Waals surface area (Å²) >= 11 is 1.57. The third-order valence-corrected chi connectivity index (χ3v) is 12.2. The fourth-order valence-electron chi connectivity index (χ4n) is 7.73. The molecule has 0 bridgehead atoms. The van der Waals surface area contributed by atoms with Gasteiger partial charge in [-0.2, -0.15) is 0 Å². The van der Waals surface area contributed by atoms with Crippen molar-refractivity contribution in [1.29, 1.82) is 0 Å². The number of nitrogens with zero attached hydrogens (tertiary/aromatic N) is 3. The van der Waals surface area contributed by atoms with Crippen LogP contribution in [0.3, 0.4) is 0 Å². The number of Topliss-reactive ketones (excluding diaryl/α,β-unsaturated/α-hetero) is 2. The highest BCUT2D eigenvalue weighted by Gasteiger charge is 2.43. The van der Waals surface area contributed by atoms with Crippen LogP contribution >= 0.6 is 11.3 Å². The zero-order valence-corrected chi connectivity index (χ0v) is 34.4. The summed E-state index contributed by atoms with van der Waals surface area (Å²) in [7, 11) is 5.02. The highest BCUT2D eigenvalue weighted by atomic mass is 32.1. The Morgan fingerprint density at radius 3 is 2.21 bits per heavy atom. The van der Waals surface area contributed by atoms with Gasteiger partial charge in [-0.25, -0.2) is 4.98 Å². The minimum Gasteiger partial charge on any atom is -0.379 e. The minimum absolute atomic E-state index is 0.0299. The predicted molar refractivity (Wildman–Crippen MR) is 208 cm³/mol. The molecule has 1 aliphatic rings. The van der Waals surface area contributed by atoms with E-state index in [1.165, 1.54) is 0 Å². The van der Waals surface area contributed by atoms with Gasteiger partial charge in [0, 0.05) is 75.4 Å². The molecule has 0 unspecified atom stereocenters. The number of likely N-dealkylation sites (N-methyl/N-ethyl adjacent to an activating group) is 1. The van der Waals surface area contributed by atoms with Crippen LogP contribution in [-0.4, -0.2) is 90.3 Å². The summed E-state index contributed by atoms with van der Waals surface area (Å²) in [6, 6.07) is 9.56. The lowest BCUT2D eigenvalue weighted by atomic mass is 9.80. The number of likely N-dealkylation sites (tertiary alicyclic amines) is 1. The maximum atomic E-state index is 14.2. The Balaban J connectivity index is 1.78. The second-order valence-corrected chi connectivity index (χ2v) is 17.2. The summed E-state index contributed by atoms with van der Waals surface area (Å²) in [6.45, 7) is 16.3.